The van der Waals surface area contributed by atoms with E-state index in [0.717, 1.165) is 40.7 Å². The number of anilines is 1. The molecular weight excluding hydrogens is 332 g/mol. The van der Waals surface area contributed by atoms with Crippen molar-refractivity contribution in [2.75, 3.05) is 25.5 Å². The number of nitrogens with one attached hydrogen (secondary N) is 2. The number of carbonyl (C=O) groups excluding carboxylic acids is 1. The first kappa shape index (κ1) is 17.8. The average Bonchev–Trinajstić information content (AvgIpc) is 3.16. The van der Waals surface area contributed by atoms with Crippen molar-refractivity contribution in [2.45, 2.75) is 29.1 Å². The highest BCUT2D eigenvalue weighted by Gasteiger charge is 2.15. The quantitative estimate of drug-likeness (QED) is 0.782. The van der Waals surface area contributed by atoms with Crippen molar-refractivity contribution in [3.63, 3.8) is 0 Å². The maximum Gasteiger partial charge on any atom is 0.224 e. The van der Waals surface area contributed by atoms with Gasteiger partial charge in [0.2, 0.25) is 5.91 Å². The number of ether oxygens (including phenoxy) is 1. The second-order valence-corrected chi connectivity index (χ2v) is 7.39. The fourth-order valence-corrected chi connectivity index (χ4v) is 3.72. The lowest BCUT2D eigenvalue weighted by Crippen LogP contribution is -2.14. The summed E-state index contributed by atoms with van der Waals surface area (Å²) in [6.07, 6.45) is 2.74. The number of hydrogen-bond donors (Lipinski definition) is 2. The molecule has 1 unspecified atom stereocenters. The van der Waals surface area contributed by atoms with E-state index in [1.54, 1.807) is 18.9 Å². The lowest BCUT2D eigenvalue weighted by Gasteiger charge is -2.09. The van der Waals surface area contributed by atoms with Crippen molar-refractivity contribution in [2.24, 2.45) is 5.92 Å². The van der Waals surface area contributed by atoms with E-state index in [4.69, 9.17) is 4.74 Å². The monoisotopic (exact) mass is 356 g/mol. The SMILES string of the molecule is COc1ccc(Sc2ccc(NC(=O)CCC3CCNC3)cc2)cc1. The molecular formula is C20H24N2O2S. The molecule has 1 amide bonds. The van der Waals surface area contributed by atoms with Crippen molar-refractivity contribution in [3.8, 4) is 5.75 Å². The Kier molecular flexibility index (Phi) is 6.36. The Balaban J connectivity index is 1.48. The van der Waals surface area contributed by atoms with Crippen LogP contribution >= 0.6 is 11.8 Å². The molecule has 1 saturated heterocycles. The van der Waals surface area contributed by atoms with Crippen LogP contribution in [0.4, 0.5) is 5.69 Å². The van der Waals surface area contributed by atoms with Crippen LogP contribution in [0.1, 0.15) is 19.3 Å². The molecule has 0 bridgehead atoms. The first-order valence-corrected chi connectivity index (χ1v) is 9.47. The van der Waals surface area contributed by atoms with Crippen molar-refractivity contribution < 1.29 is 9.53 Å². The highest BCUT2D eigenvalue weighted by molar-refractivity contribution is 7.99. The van der Waals surface area contributed by atoms with Crippen LogP contribution in [0.5, 0.6) is 5.75 Å². The lowest BCUT2D eigenvalue weighted by atomic mass is 10.0. The Morgan fingerprint density at radius 1 is 1.16 bits per heavy atom. The van der Waals surface area contributed by atoms with E-state index in [1.165, 1.54) is 6.42 Å². The van der Waals surface area contributed by atoms with Crippen LogP contribution in [0, 0.1) is 5.92 Å². The Bertz CT molecular complexity index is 680. The number of methoxy groups -OCH3 is 1. The third-order valence-corrected chi connectivity index (χ3v) is 5.39. The molecule has 0 saturated carbocycles. The minimum Gasteiger partial charge on any atom is -0.497 e. The second-order valence-electron chi connectivity index (χ2n) is 6.25. The summed E-state index contributed by atoms with van der Waals surface area (Å²) in [6, 6.07) is 16.0. The Morgan fingerprint density at radius 2 is 1.84 bits per heavy atom. The van der Waals surface area contributed by atoms with Gasteiger partial charge in [0.25, 0.3) is 0 Å². The van der Waals surface area contributed by atoms with Crippen LogP contribution in [0.3, 0.4) is 0 Å². The van der Waals surface area contributed by atoms with Crippen molar-refractivity contribution in [3.05, 3.63) is 48.5 Å². The predicted molar refractivity (Wildman–Crippen MR) is 102 cm³/mol. The van der Waals surface area contributed by atoms with Crippen molar-refractivity contribution in [1.29, 1.82) is 0 Å². The molecule has 1 atom stereocenters. The van der Waals surface area contributed by atoms with Gasteiger partial charge in [-0.3, -0.25) is 4.79 Å². The summed E-state index contributed by atoms with van der Waals surface area (Å²) in [6.45, 7) is 2.13. The molecule has 1 aliphatic rings. The normalized spacial score (nSPS) is 16.6. The smallest absolute Gasteiger partial charge is 0.224 e. The summed E-state index contributed by atoms with van der Waals surface area (Å²) < 4.78 is 5.17. The maximum absolute atomic E-state index is 12.1. The molecule has 0 radical (unpaired) electrons. The molecule has 3 rings (SSSR count). The summed E-state index contributed by atoms with van der Waals surface area (Å²) in [7, 11) is 1.67. The van der Waals surface area contributed by atoms with Crippen LogP contribution in [0.2, 0.25) is 0 Å². The summed E-state index contributed by atoms with van der Waals surface area (Å²) in [5.41, 5.74) is 0.855. The lowest BCUT2D eigenvalue weighted by molar-refractivity contribution is -0.116. The highest BCUT2D eigenvalue weighted by Crippen LogP contribution is 2.29. The van der Waals surface area contributed by atoms with E-state index < -0.39 is 0 Å². The molecule has 0 aliphatic carbocycles. The number of amides is 1. The zero-order valence-electron chi connectivity index (χ0n) is 14.5. The molecule has 2 aromatic carbocycles. The van der Waals surface area contributed by atoms with Gasteiger partial charge in [0.15, 0.2) is 0 Å². The zero-order chi connectivity index (χ0) is 17.5. The Morgan fingerprint density at radius 3 is 2.44 bits per heavy atom. The highest BCUT2D eigenvalue weighted by atomic mass is 32.2. The van der Waals surface area contributed by atoms with Gasteiger partial charge in [-0.05, 0) is 80.4 Å². The van der Waals surface area contributed by atoms with Gasteiger partial charge in [0.05, 0.1) is 7.11 Å². The second kappa shape index (κ2) is 8.92. The molecule has 1 fully saturated rings. The topological polar surface area (TPSA) is 50.4 Å². The molecule has 2 N–H and O–H groups in total. The van der Waals surface area contributed by atoms with E-state index in [1.807, 2.05) is 48.5 Å². The van der Waals surface area contributed by atoms with Gasteiger partial charge in [-0.1, -0.05) is 11.8 Å². The van der Waals surface area contributed by atoms with Gasteiger partial charge in [0.1, 0.15) is 5.75 Å². The molecule has 1 aliphatic heterocycles. The number of hydrogen-bond acceptors (Lipinski definition) is 4. The average molecular weight is 356 g/mol. The van der Waals surface area contributed by atoms with Gasteiger partial charge >= 0.3 is 0 Å². The third kappa shape index (κ3) is 5.51. The summed E-state index contributed by atoms with van der Waals surface area (Å²) in [5.74, 6) is 1.60. The maximum atomic E-state index is 12.1. The van der Waals surface area contributed by atoms with E-state index in [-0.39, 0.29) is 5.91 Å². The van der Waals surface area contributed by atoms with Gasteiger partial charge < -0.3 is 15.4 Å². The van der Waals surface area contributed by atoms with E-state index >= 15 is 0 Å². The summed E-state index contributed by atoms with van der Waals surface area (Å²) in [5, 5.41) is 6.32. The largest absolute Gasteiger partial charge is 0.497 e. The Labute approximate surface area is 153 Å². The minimum absolute atomic E-state index is 0.0995. The standard InChI is InChI=1S/C20H24N2O2S/c1-24-17-5-9-19(10-6-17)25-18-7-3-16(4-8-18)22-20(23)11-2-15-12-13-21-14-15/h3-10,15,21H,2,11-14H2,1H3,(H,22,23). The van der Waals surface area contributed by atoms with Gasteiger partial charge in [0, 0.05) is 21.9 Å². The van der Waals surface area contributed by atoms with Gasteiger partial charge in [-0.25, -0.2) is 0 Å². The molecule has 132 valence electrons. The molecule has 25 heavy (non-hydrogen) atoms. The van der Waals surface area contributed by atoms with Crippen LogP contribution < -0.4 is 15.4 Å². The third-order valence-electron chi connectivity index (χ3n) is 4.38. The van der Waals surface area contributed by atoms with Crippen LogP contribution in [-0.2, 0) is 4.79 Å². The molecule has 0 spiro atoms. The molecule has 5 heteroatoms. The van der Waals surface area contributed by atoms with Gasteiger partial charge in [-0.2, -0.15) is 0 Å². The number of benzene rings is 2. The van der Waals surface area contributed by atoms with E-state index in [2.05, 4.69) is 10.6 Å². The molecule has 0 aromatic heterocycles. The minimum atomic E-state index is 0.0995. The molecule has 1 heterocycles. The summed E-state index contributed by atoms with van der Waals surface area (Å²) in [4.78, 5) is 14.4. The van der Waals surface area contributed by atoms with E-state index in [9.17, 15) is 4.79 Å². The Hall–Kier alpha value is -1.98. The predicted octanol–water partition coefficient (Wildman–Crippen LogP) is 4.17. The van der Waals surface area contributed by atoms with Crippen LogP contribution in [-0.4, -0.2) is 26.1 Å². The van der Waals surface area contributed by atoms with E-state index in [0.29, 0.717) is 12.3 Å². The summed E-state index contributed by atoms with van der Waals surface area (Å²) >= 11 is 1.69. The zero-order valence-corrected chi connectivity index (χ0v) is 15.3. The van der Waals surface area contributed by atoms with Crippen LogP contribution in [0.25, 0.3) is 0 Å². The number of rotatable bonds is 7. The van der Waals surface area contributed by atoms with Crippen molar-refractivity contribution >= 4 is 23.4 Å². The first-order valence-electron chi connectivity index (χ1n) is 8.65. The van der Waals surface area contributed by atoms with Crippen molar-refractivity contribution in [1.82, 2.24) is 5.32 Å². The molecule has 2 aromatic rings. The fraction of sp³-hybridized carbons (Fsp3) is 0.350. The number of carbonyl (C=O) groups is 1. The first-order chi connectivity index (χ1) is 12.2. The fourth-order valence-electron chi connectivity index (χ4n) is 2.91. The van der Waals surface area contributed by atoms with Gasteiger partial charge in [-0.15, -0.1) is 0 Å². The molecule has 4 nitrogen and oxygen atoms in total. The van der Waals surface area contributed by atoms with Crippen LogP contribution in [0.15, 0.2) is 58.3 Å².